The average molecular weight is 160 g/mol. The van der Waals surface area contributed by atoms with Gasteiger partial charge in [-0.15, -0.1) is 0 Å². The molecule has 0 aromatic carbocycles. The summed E-state index contributed by atoms with van der Waals surface area (Å²) in [5.74, 6) is 0. The molecular weight excluding hydrogens is 149 g/mol. The van der Waals surface area contributed by atoms with E-state index >= 15 is 0 Å². The number of ether oxygens (including phenoxy) is 1. The fourth-order valence-corrected chi connectivity index (χ4v) is 1.09. The van der Waals surface area contributed by atoms with E-state index in [1.807, 2.05) is 0 Å². The van der Waals surface area contributed by atoms with E-state index in [-0.39, 0.29) is 6.61 Å². The Morgan fingerprint density at radius 2 is 2.00 bits per heavy atom. The highest BCUT2D eigenvalue weighted by atomic mass is 16.5. The van der Waals surface area contributed by atoms with Crippen LogP contribution in [0.5, 0.6) is 0 Å². The maximum atomic E-state index is 9.16. The first kappa shape index (κ1) is 8.96. The lowest BCUT2D eigenvalue weighted by Crippen LogP contribution is -2.38. The van der Waals surface area contributed by atoms with Gasteiger partial charge in [-0.2, -0.15) is 0 Å². The van der Waals surface area contributed by atoms with Gasteiger partial charge >= 0.3 is 0 Å². The first-order chi connectivity index (χ1) is 5.20. The fraction of sp³-hybridized carbons (Fsp3) is 1.00. The van der Waals surface area contributed by atoms with E-state index in [0.29, 0.717) is 0 Å². The molecule has 1 rings (SSSR count). The van der Waals surface area contributed by atoms with Gasteiger partial charge in [-0.25, -0.2) is 0 Å². The van der Waals surface area contributed by atoms with Gasteiger partial charge in [-0.3, -0.25) is 0 Å². The molecule has 0 aliphatic carbocycles. The quantitative estimate of drug-likeness (QED) is 0.323. The van der Waals surface area contributed by atoms with Crippen molar-refractivity contribution in [3.8, 4) is 0 Å². The second-order valence-electron chi connectivity index (χ2n) is 2.50. The molecule has 1 aliphatic heterocycles. The van der Waals surface area contributed by atoms with Crippen molar-refractivity contribution < 1.29 is 20.1 Å². The topological polar surface area (TPSA) is 95.9 Å². The zero-order valence-electron chi connectivity index (χ0n) is 5.92. The predicted octanol–water partition coefficient (Wildman–Crippen LogP) is -3.00. The van der Waals surface area contributed by atoms with Crippen LogP contribution in [0.25, 0.3) is 0 Å². The Balaban J connectivity index is 2.53. The Morgan fingerprint density at radius 3 is 2.27 bits per heavy atom. The molecule has 4 atom stereocenters. The van der Waals surface area contributed by atoms with Crippen LogP contribution in [0.4, 0.5) is 0 Å². The molecule has 0 spiro atoms. The van der Waals surface area contributed by atoms with Gasteiger partial charge in [-0.05, 0) is 0 Å². The first-order valence-electron chi connectivity index (χ1n) is 3.38. The molecule has 1 saturated heterocycles. The van der Waals surface area contributed by atoms with E-state index in [4.69, 9.17) is 25.7 Å². The zero-order chi connectivity index (χ0) is 8.43. The number of aliphatic hydroxyl groups excluding tert-OH is 3. The molecule has 11 heavy (non-hydrogen) atoms. The Bertz CT molecular complexity index is 118. The summed E-state index contributed by atoms with van der Waals surface area (Å²) < 4.78 is 4.95. The summed E-state index contributed by atoms with van der Waals surface area (Å²) in [6.45, 7) is -0.317. The van der Waals surface area contributed by atoms with Crippen LogP contribution in [-0.2, 0) is 4.74 Å². The van der Waals surface area contributed by atoms with Crippen molar-refractivity contribution in [1.82, 2.24) is 0 Å². The molecule has 1 fully saturated rings. The molecule has 1 radical (unpaired) electrons. The Morgan fingerprint density at radius 1 is 1.36 bits per heavy atom. The highest BCUT2D eigenvalue weighted by Gasteiger charge is 2.41. The van der Waals surface area contributed by atoms with Crippen LogP contribution in [0.15, 0.2) is 0 Å². The third-order valence-electron chi connectivity index (χ3n) is 1.77. The van der Waals surface area contributed by atoms with E-state index < -0.39 is 24.3 Å². The van der Waals surface area contributed by atoms with Gasteiger partial charge in [0.05, 0.1) is 12.6 Å². The van der Waals surface area contributed by atoms with Crippen LogP contribution in [0.3, 0.4) is 0 Å². The van der Waals surface area contributed by atoms with Gasteiger partial charge in [0.2, 0.25) is 7.41 Å². The summed E-state index contributed by atoms with van der Waals surface area (Å²) in [5.41, 5.74) is 5.10. The lowest BCUT2D eigenvalue weighted by atomic mass is 9.83. The normalized spacial score (nSPS) is 44.4. The minimum atomic E-state index is -1.05. The number of nitrogens with two attached hydrogens (primary N) is 1. The standard InChI is InChI=1S/C5H11BNO4/c7-6-5-4(10)3(9)2(1-8)11-5/h2-5,8-10H,1,7H2/t2-,3?,4+,5-/m1/s1. The van der Waals surface area contributed by atoms with Crippen LogP contribution in [0.2, 0.25) is 0 Å². The molecule has 1 heterocycles. The second kappa shape index (κ2) is 3.51. The molecule has 1 aliphatic rings. The predicted molar refractivity (Wildman–Crippen MR) is 37.7 cm³/mol. The maximum Gasteiger partial charge on any atom is 0.242 e. The van der Waals surface area contributed by atoms with Crippen molar-refractivity contribution in [2.45, 2.75) is 24.3 Å². The molecule has 1 unspecified atom stereocenters. The summed E-state index contributed by atoms with van der Waals surface area (Å²) in [6.07, 6.45) is -2.81. The molecule has 0 aromatic heterocycles. The highest BCUT2D eigenvalue weighted by molar-refractivity contribution is 6.33. The molecule has 5 nitrogen and oxygen atoms in total. The molecule has 0 aromatic rings. The minimum Gasteiger partial charge on any atom is -0.394 e. The molecule has 63 valence electrons. The summed E-state index contributed by atoms with van der Waals surface area (Å²) in [4.78, 5) is 0. The minimum absolute atomic E-state index is 0.317. The van der Waals surface area contributed by atoms with E-state index in [0.717, 1.165) is 7.41 Å². The van der Waals surface area contributed by atoms with Crippen molar-refractivity contribution in [3.05, 3.63) is 0 Å². The lowest BCUT2D eigenvalue weighted by molar-refractivity contribution is -0.00906. The number of hydrogen-bond donors (Lipinski definition) is 4. The molecule has 5 N–H and O–H groups in total. The number of rotatable bonds is 2. The highest BCUT2D eigenvalue weighted by Crippen LogP contribution is 2.19. The van der Waals surface area contributed by atoms with Crippen molar-refractivity contribution in [2.24, 2.45) is 5.64 Å². The largest absolute Gasteiger partial charge is 0.394 e. The smallest absolute Gasteiger partial charge is 0.242 e. The van der Waals surface area contributed by atoms with Crippen molar-refractivity contribution in [3.63, 3.8) is 0 Å². The van der Waals surface area contributed by atoms with E-state index in [1.54, 1.807) is 0 Å². The lowest BCUT2D eigenvalue weighted by Gasteiger charge is -2.10. The van der Waals surface area contributed by atoms with Gasteiger partial charge in [0.25, 0.3) is 0 Å². The van der Waals surface area contributed by atoms with Crippen LogP contribution in [-0.4, -0.2) is 53.7 Å². The Labute approximate surface area is 65.0 Å². The summed E-state index contributed by atoms with van der Waals surface area (Å²) in [6, 6.07) is -0.679. The molecular formula is C5H11BNO4. The number of aliphatic hydroxyl groups is 3. The number of hydrogen-bond acceptors (Lipinski definition) is 5. The molecule has 0 saturated carbocycles. The molecule has 0 bridgehead atoms. The summed E-state index contributed by atoms with van der Waals surface area (Å²) in [7, 11) is 1.16. The third kappa shape index (κ3) is 1.55. The SMILES string of the molecule is N[B][C@@H]1O[C@H](CO)C(O)[C@@H]1O. The van der Waals surface area contributed by atoms with Crippen LogP contribution in [0.1, 0.15) is 0 Å². The zero-order valence-corrected chi connectivity index (χ0v) is 5.92. The van der Waals surface area contributed by atoms with Gasteiger partial charge in [0.15, 0.2) is 0 Å². The van der Waals surface area contributed by atoms with Crippen molar-refractivity contribution in [1.29, 1.82) is 0 Å². The summed E-state index contributed by atoms with van der Waals surface area (Å²) in [5, 5.41) is 26.9. The van der Waals surface area contributed by atoms with E-state index in [1.165, 1.54) is 0 Å². The average Bonchev–Trinajstić information content (AvgIpc) is 2.30. The first-order valence-corrected chi connectivity index (χ1v) is 3.38. The van der Waals surface area contributed by atoms with E-state index in [9.17, 15) is 0 Å². The third-order valence-corrected chi connectivity index (χ3v) is 1.77. The fourth-order valence-electron chi connectivity index (χ4n) is 1.09. The summed E-state index contributed by atoms with van der Waals surface area (Å²) >= 11 is 0. The van der Waals surface area contributed by atoms with Gasteiger partial charge < -0.3 is 25.7 Å². The maximum absolute atomic E-state index is 9.16. The van der Waals surface area contributed by atoms with Gasteiger partial charge in [0, 0.05) is 0 Å². The van der Waals surface area contributed by atoms with Crippen LogP contribution < -0.4 is 5.64 Å². The Kier molecular flexibility index (Phi) is 2.86. The van der Waals surface area contributed by atoms with E-state index in [2.05, 4.69) is 0 Å². The molecule has 0 amide bonds. The monoisotopic (exact) mass is 160 g/mol. The van der Waals surface area contributed by atoms with Gasteiger partial charge in [-0.1, -0.05) is 0 Å². The molecule has 6 heteroatoms. The van der Waals surface area contributed by atoms with Crippen molar-refractivity contribution in [2.75, 3.05) is 6.61 Å². The van der Waals surface area contributed by atoms with Gasteiger partial charge in [0.1, 0.15) is 18.3 Å². The van der Waals surface area contributed by atoms with Crippen LogP contribution >= 0.6 is 0 Å². The van der Waals surface area contributed by atoms with Crippen molar-refractivity contribution >= 4 is 7.41 Å². The van der Waals surface area contributed by atoms with Crippen LogP contribution in [0, 0.1) is 0 Å². The second-order valence-corrected chi connectivity index (χ2v) is 2.50. The Hall–Kier alpha value is -0.135.